The second-order valence-electron chi connectivity index (χ2n) is 5.12. The van der Waals surface area contributed by atoms with Crippen molar-refractivity contribution in [3.63, 3.8) is 0 Å². The quantitative estimate of drug-likeness (QED) is 0.671. The number of hydrogen-bond acceptors (Lipinski definition) is 2. The predicted octanol–water partition coefficient (Wildman–Crippen LogP) is 2.55. The highest BCUT2D eigenvalue weighted by Crippen LogP contribution is 2.12. The van der Waals surface area contributed by atoms with E-state index in [1.54, 1.807) is 30.3 Å². The molecule has 0 aromatic heterocycles. The zero-order valence-corrected chi connectivity index (χ0v) is 11.9. The Kier molecular flexibility index (Phi) is 6.56. The Morgan fingerprint density at radius 3 is 2.40 bits per heavy atom. The first-order valence-electron chi connectivity index (χ1n) is 6.83. The third-order valence-corrected chi connectivity index (χ3v) is 2.90. The van der Waals surface area contributed by atoms with Crippen LogP contribution in [0.25, 0.3) is 0 Å². The van der Waals surface area contributed by atoms with Crippen LogP contribution in [0.4, 0.5) is 4.79 Å². The summed E-state index contributed by atoms with van der Waals surface area (Å²) in [5.74, 6) is -0.482. The molecule has 0 radical (unpaired) electrons. The molecule has 3 N–H and O–H groups in total. The number of carbonyl (C=O) groups excluding carboxylic acids is 1. The van der Waals surface area contributed by atoms with Gasteiger partial charge in [-0.3, -0.25) is 0 Å². The van der Waals surface area contributed by atoms with Crippen molar-refractivity contribution in [2.24, 2.45) is 5.92 Å². The highest BCUT2D eigenvalue weighted by Gasteiger charge is 2.21. The van der Waals surface area contributed by atoms with Gasteiger partial charge in [-0.15, -0.1) is 0 Å². The van der Waals surface area contributed by atoms with Crippen molar-refractivity contribution in [1.82, 2.24) is 10.6 Å². The van der Waals surface area contributed by atoms with Crippen molar-refractivity contribution in [1.29, 1.82) is 0 Å². The van der Waals surface area contributed by atoms with E-state index < -0.39 is 18.0 Å². The van der Waals surface area contributed by atoms with Gasteiger partial charge in [0.05, 0.1) is 0 Å². The molecule has 0 aliphatic carbocycles. The summed E-state index contributed by atoms with van der Waals surface area (Å²) in [4.78, 5) is 22.9. The van der Waals surface area contributed by atoms with Crippen molar-refractivity contribution in [2.45, 2.75) is 32.7 Å². The van der Waals surface area contributed by atoms with Crippen LogP contribution in [0.15, 0.2) is 30.3 Å². The number of carboxylic acids is 1. The molecule has 0 aliphatic heterocycles. The van der Waals surface area contributed by atoms with Crippen LogP contribution in [-0.2, 0) is 4.79 Å². The zero-order chi connectivity index (χ0) is 15.0. The molecule has 0 heterocycles. The molecule has 1 atom stereocenters. The van der Waals surface area contributed by atoms with E-state index in [-0.39, 0.29) is 0 Å². The maximum atomic E-state index is 11.7. The van der Waals surface area contributed by atoms with Crippen LogP contribution in [0.3, 0.4) is 0 Å². The highest BCUT2D eigenvalue weighted by atomic mass is 16.4. The fourth-order valence-electron chi connectivity index (χ4n) is 1.83. The second-order valence-corrected chi connectivity index (χ2v) is 5.12. The summed E-state index contributed by atoms with van der Waals surface area (Å²) in [5, 5.41) is 14.3. The Bertz CT molecular complexity index is 432. The molecular formula is C15H22N2O3. The Balaban J connectivity index is 2.46. The minimum atomic E-state index is -1.08. The number of carbonyl (C=O) groups is 2. The van der Waals surface area contributed by atoms with E-state index in [1.807, 2.05) is 0 Å². The van der Waals surface area contributed by atoms with Crippen molar-refractivity contribution >= 4 is 12.0 Å². The van der Waals surface area contributed by atoms with E-state index in [0.29, 0.717) is 18.0 Å². The molecule has 5 heteroatoms. The van der Waals surface area contributed by atoms with E-state index >= 15 is 0 Å². The molecule has 0 aliphatic rings. The van der Waals surface area contributed by atoms with Crippen LogP contribution in [0.2, 0.25) is 0 Å². The molecule has 0 spiro atoms. The second kappa shape index (κ2) is 8.19. The van der Waals surface area contributed by atoms with Crippen LogP contribution in [0, 0.1) is 5.92 Å². The molecule has 0 unspecified atom stereocenters. The van der Waals surface area contributed by atoms with Crippen molar-refractivity contribution in [2.75, 3.05) is 6.54 Å². The van der Waals surface area contributed by atoms with Crippen LogP contribution in [0.1, 0.15) is 38.3 Å². The summed E-state index contributed by atoms with van der Waals surface area (Å²) in [5.41, 5.74) is 0.553. The first-order chi connectivity index (χ1) is 9.50. The zero-order valence-electron chi connectivity index (χ0n) is 11.9. The van der Waals surface area contributed by atoms with Gasteiger partial charge in [-0.05, 0) is 24.3 Å². The van der Waals surface area contributed by atoms with Gasteiger partial charge in [0.1, 0.15) is 0 Å². The smallest absolute Gasteiger partial charge is 0.330 e. The van der Waals surface area contributed by atoms with Crippen LogP contribution in [0.5, 0.6) is 0 Å². The lowest BCUT2D eigenvalue weighted by Crippen LogP contribution is -2.41. The van der Waals surface area contributed by atoms with Crippen molar-refractivity contribution < 1.29 is 14.7 Å². The van der Waals surface area contributed by atoms with Crippen LogP contribution < -0.4 is 10.6 Å². The van der Waals surface area contributed by atoms with E-state index in [4.69, 9.17) is 0 Å². The van der Waals surface area contributed by atoms with Gasteiger partial charge in [0.2, 0.25) is 0 Å². The first-order valence-corrected chi connectivity index (χ1v) is 6.83. The number of nitrogens with one attached hydrogen (secondary N) is 2. The lowest BCUT2D eigenvalue weighted by molar-refractivity contribution is -0.139. The molecule has 2 amide bonds. The molecule has 0 saturated carbocycles. The van der Waals surface area contributed by atoms with Gasteiger partial charge in [-0.1, -0.05) is 44.2 Å². The molecule has 110 valence electrons. The summed E-state index contributed by atoms with van der Waals surface area (Å²) in [6, 6.07) is 7.16. The first kappa shape index (κ1) is 16.0. The average Bonchev–Trinajstić information content (AvgIpc) is 2.41. The summed E-state index contributed by atoms with van der Waals surface area (Å²) in [6.45, 7) is 4.79. The summed E-state index contributed by atoms with van der Waals surface area (Å²) < 4.78 is 0. The SMILES string of the molecule is CC(C)CCCNC(=O)N[C@@H](C(=O)O)c1ccccc1. The topological polar surface area (TPSA) is 78.4 Å². The number of rotatable bonds is 7. The van der Waals surface area contributed by atoms with E-state index in [1.165, 1.54) is 0 Å². The molecule has 0 fully saturated rings. The summed E-state index contributed by atoms with van der Waals surface area (Å²) in [6.07, 6.45) is 1.91. The fourth-order valence-corrected chi connectivity index (χ4v) is 1.83. The number of benzene rings is 1. The molecular weight excluding hydrogens is 256 g/mol. The van der Waals surface area contributed by atoms with Crippen LogP contribution in [-0.4, -0.2) is 23.7 Å². The maximum absolute atomic E-state index is 11.7. The largest absolute Gasteiger partial charge is 0.479 e. The number of carboxylic acid groups (broad SMARTS) is 1. The standard InChI is InChI=1S/C15H22N2O3/c1-11(2)7-6-10-16-15(20)17-13(14(18)19)12-8-4-3-5-9-12/h3-5,8-9,11,13H,6-7,10H2,1-2H3,(H,18,19)(H2,16,17,20)/t13-/m1/s1. The highest BCUT2D eigenvalue weighted by molar-refractivity contribution is 5.83. The van der Waals surface area contributed by atoms with Crippen LogP contribution >= 0.6 is 0 Å². The minimum absolute atomic E-state index is 0.454. The number of urea groups is 1. The normalized spacial score (nSPS) is 11.9. The third-order valence-electron chi connectivity index (χ3n) is 2.90. The van der Waals surface area contributed by atoms with Gasteiger partial charge < -0.3 is 15.7 Å². The molecule has 5 nitrogen and oxygen atoms in total. The average molecular weight is 278 g/mol. The molecule has 1 aromatic carbocycles. The molecule has 0 bridgehead atoms. The summed E-state index contributed by atoms with van der Waals surface area (Å²) in [7, 11) is 0. The van der Waals surface area contributed by atoms with Crippen molar-refractivity contribution in [3.8, 4) is 0 Å². The third kappa shape index (κ3) is 5.73. The lowest BCUT2D eigenvalue weighted by atomic mass is 10.1. The van der Waals surface area contributed by atoms with E-state index in [0.717, 1.165) is 12.8 Å². The van der Waals surface area contributed by atoms with Gasteiger partial charge >= 0.3 is 12.0 Å². The Morgan fingerprint density at radius 2 is 1.85 bits per heavy atom. The van der Waals surface area contributed by atoms with Crippen molar-refractivity contribution in [3.05, 3.63) is 35.9 Å². The summed E-state index contributed by atoms with van der Waals surface area (Å²) >= 11 is 0. The Hall–Kier alpha value is -2.04. The van der Waals surface area contributed by atoms with E-state index in [9.17, 15) is 14.7 Å². The van der Waals surface area contributed by atoms with Gasteiger partial charge in [0.25, 0.3) is 0 Å². The van der Waals surface area contributed by atoms with Gasteiger partial charge in [0, 0.05) is 6.54 Å². The lowest BCUT2D eigenvalue weighted by Gasteiger charge is -2.15. The molecule has 1 aromatic rings. The number of hydrogen-bond donors (Lipinski definition) is 3. The maximum Gasteiger partial charge on any atom is 0.330 e. The Morgan fingerprint density at radius 1 is 1.20 bits per heavy atom. The van der Waals surface area contributed by atoms with Gasteiger partial charge in [-0.2, -0.15) is 0 Å². The van der Waals surface area contributed by atoms with E-state index in [2.05, 4.69) is 24.5 Å². The minimum Gasteiger partial charge on any atom is -0.479 e. The van der Waals surface area contributed by atoms with Gasteiger partial charge in [-0.25, -0.2) is 9.59 Å². The van der Waals surface area contributed by atoms with Gasteiger partial charge in [0.15, 0.2) is 6.04 Å². The monoisotopic (exact) mass is 278 g/mol. The molecule has 0 saturated heterocycles. The molecule has 1 rings (SSSR count). The molecule has 20 heavy (non-hydrogen) atoms. The Labute approximate surface area is 119 Å². The predicted molar refractivity (Wildman–Crippen MR) is 77.4 cm³/mol. The number of aliphatic carboxylic acids is 1. The fraction of sp³-hybridized carbons (Fsp3) is 0.467. The number of amides is 2.